The van der Waals surface area contributed by atoms with Crippen LogP contribution in [0.15, 0.2) is 0 Å². The summed E-state index contributed by atoms with van der Waals surface area (Å²) < 4.78 is 0. The molecule has 0 aromatic rings. The standard InChI is InChI=1S/C13H26/c1-9(12(2,3)4)10-8-11(10)13(5,6)7/h9-11H,8H2,1-7H3. The Balaban J connectivity index is 2.52. The summed E-state index contributed by atoms with van der Waals surface area (Å²) in [6, 6.07) is 0. The van der Waals surface area contributed by atoms with Gasteiger partial charge in [-0.3, -0.25) is 0 Å². The quantitative estimate of drug-likeness (QED) is 0.565. The summed E-state index contributed by atoms with van der Waals surface area (Å²) in [6.45, 7) is 16.7. The lowest BCUT2D eigenvalue weighted by Crippen LogP contribution is -2.22. The van der Waals surface area contributed by atoms with E-state index in [1.807, 2.05) is 0 Å². The van der Waals surface area contributed by atoms with E-state index in [0.29, 0.717) is 10.8 Å². The van der Waals surface area contributed by atoms with Gasteiger partial charge in [-0.2, -0.15) is 0 Å². The van der Waals surface area contributed by atoms with Crippen LogP contribution in [-0.4, -0.2) is 0 Å². The molecule has 1 fully saturated rings. The zero-order valence-electron chi connectivity index (χ0n) is 10.4. The summed E-state index contributed by atoms with van der Waals surface area (Å²) in [4.78, 5) is 0. The number of hydrogen-bond donors (Lipinski definition) is 0. The summed E-state index contributed by atoms with van der Waals surface area (Å²) >= 11 is 0. The van der Waals surface area contributed by atoms with E-state index < -0.39 is 0 Å². The molecule has 0 spiro atoms. The number of rotatable bonds is 1. The average Bonchev–Trinajstić information content (AvgIpc) is 2.58. The van der Waals surface area contributed by atoms with Crippen molar-refractivity contribution in [1.29, 1.82) is 0 Å². The maximum atomic E-state index is 2.43. The maximum Gasteiger partial charge on any atom is -0.0331 e. The molecule has 0 nitrogen and oxygen atoms in total. The van der Waals surface area contributed by atoms with Gasteiger partial charge in [-0.05, 0) is 35.0 Å². The fraction of sp³-hybridized carbons (Fsp3) is 1.00. The molecule has 13 heavy (non-hydrogen) atoms. The van der Waals surface area contributed by atoms with Crippen LogP contribution < -0.4 is 0 Å². The van der Waals surface area contributed by atoms with Gasteiger partial charge in [-0.15, -0.1) is 0 Å². The van der Waals surface area contributed by atoms with Crippen molar-refractivity contribution in [2.45, 2.75) is 54.9 Å². The van der Waals surface area contributed by atoms with Crippen molar-refractivity contribution >= 4 is 0 Å². The first-order valence-corrected chi connectivity index (χ1v) is 5.64. The van der Waals surface area contributed by atoms with Crippen LogP contribution in [0.4, 0.5) is 0 Å². The summed E-state index contributed by atoms with van der Waals surface area (Å²) in [6.07, 6.45) is 1.46. The van der Waals surface area contributed by atoms with Crippen LogP contribution in [0.5, 0.6) is 0 Å². The molecule has 1 aliphatic rings. The van der Waals surface area contributed by atoms with Crippen molar-refractivity contribution in [3.63, 3.8) is 0 Å². The largest absolute Gasteiger partial charge is 0.0617 e. The Morgan fingerprint density at radius 2 is 1.46 bits per heavy atom. The van der Waals surface area contributed by atoms with Crippen LogP contribution in [0, 0.1) is 28.6 Å². The first-order chi connectivity index (χ1) is 5.64. The smallest absolute Gasteiger partial charge is 0.0331 e. The second kappa shape index (κ2) is 3.00. The average molecular weight is 182 g/mol. The molecule has 1 rings (SSSR count). The predicted octanol–water partition coefficient (Wildman–Crippen LogP) is 4.35. The van der Waals surface area contributed by atoms with Crippen molar-refractivity contribution in [1.82, 2.24) is 0 Å². The Morgan fingerprint density at radius 1 is 1.00 bits per heavy atom. The molecule has 78 valence electrons. The van der Waals surface area contributed by atoms with E-state index in [4.69, 9.17) is 0 Å². The van der Waals surface area contributed by atoms with Crippen LogP contribution in [0.2, 0.25) is 0 Å². The van der Waals surface area contributed by atoms with Gasteiger partial charge < -0.3 is 0 Å². The third-order valence-corrected chi connectivity index (χ3v) is 3.96. The first-order valence-electron chi connectivity index (χ1n) is 5.64. The molecule has 0 aromatic carbocycles. The van der Waals surface area contributed by atoms with Crippen LogP contribution >= 0.6 is 0 Å². The molecule has 0 amide bonds. The minimum atomic E-state index is 0.491. The highest BCUT2D eigenvalue weighted by Gasteiger charge is 2.49. The van der Waals surface area contributed by atoms with Crippen molar-refractivity contribution in [3.8, 4) is 0 Å². The Labute approximate surface area is 84.1 Å². The first kappa shape index (κ1) is 11.1. The van der Waals surface area contributed by atoms with Gasteiger partial charge in [-0.1, -0.05) is 48.5 Å². The zero-order valence-corrected chi connectivity index (χ0v) is 10.4. The summed E-state index contributed by atoms with van der Waals surface area (Å²) in [5.41, 5.74) is 1.02. The SMILES string of the molecule is CC(C1CC1C(C)(C)C)C(C)(C)C. The minimum absolute atomic E-state index is 0.491. The van der Waals surface area contributed by atoms with Gasteiger partial charge >= 0.3 is 0 Å². The van der Waals surface area contributed by atoms with Crippen molar-refractivity contribution in [3.05, 3.63) is 0 Å². The molecule has 3 unspecified atom stereocenters. The lowest BCUT2D eigenvalue weighted by Gasteiger charge is -2.29. The van der Waals surface area contributed by atoms with Crippen molar-refractivity contribution in [2.24, 2.45) is 28.6 Å². The van der Waals surface area contributed by atoms with Crippen LogP contribution in [0.25, 0.3) is 0 Å². The molecule has 1 aliphatic carbocycles. The minimum Gasteiger partial charge on any atom is -0.0617 e. The fourth-order valence-corrected chi connectivity index (χ4v) is 2.41. The molecule has 0 heterocycles. The summed E-state index contributed by atoms with van der Waals surface area (Å²) in [5, 5.41) is 0. The van der Waals surface area contributed by atoms with E-state index in [9.17, 15) is 0 Å². The monoisotopic (exact) mass is 182 g/mol. The van der Waals surface area contributed by atoms with Gasteiger partial charge in [0, 0.05) is 0 Å². The Kier molecular flexibility index (Phi) is 2.56. The lowest BCUT2D eigenvalue weighted by atomic mass is 9.76. The molecule has 0 bridgehead atoms. The van der Waals surface area contributed by atoms with E-state index >= 15 is 0 Å². The zero-order chi connectivity index (χ0) is 10.4. The molecular weight excluding hydrogens is 156 g/mol. The molecule has 0 N–H and O–H groups in total. The second-order valence-electron chi connectivity index (χ2n) is 7.03. The molecule has 0 aromatic heterocycles. The lowest BCUT2D eigenvalue weighted by molar-refractivity contribution is 0.198. The van der Waals surface area contributed by atoms with Gasteiger partial charge in [0.15, 0.2) is 0 Å². The number of hydrogen-bond acceptors (Lipinski definition) is 0. The van der Waals surface area contributed by atoms with Gasteiger partial charge in [0.1, 0.15) is 0 Å². The van der Waals surface area contributed by atoms with Gasteiger partial charge in [-0.25, -0.2) is 0 Å². The van der Waals surface area contributed by atoms with Crippen LogP contribution in [0.1, 0.15) is 54.9 Å². The highest BCUT2D eigenvalue weighted by atomic mass is 14.5. The van der Waals surface area contributed by atoms with Crippen molar-refractivity contribution in [2.75, 3.05) is 0 Å². The van der Waals surface area contributed by atoms with Crippen LogP contribution in [-0.2, 0) is 0 Å². The molecule has 0 aliphatic heterocycles. The molecule has 0 saturated heterocycles. The molecular formula is C13H26. The highest BCUT2D eigenvalue weighted by molar-refractivity contribution is 4.98. The highest BCUT2D eigenvalue weighted by Crippen LogP contribution is 2.57. The Morgan fingerprint density at radius 3 is 1.69 bits per heavy atom. The second-order valence-corrected chi connectivity index (χ2v) is 7.03. The molecule has 3 atom stereocenters. The maximum absolute atomic E-state index is 2.43. The van der Waals surface area contributed by atoms with E-state index in [1.165, 1.54) is 6.42 Å². The normalized spacial score (nSPS) is 31.6. The fourth-order valence-electron chi connectivity index (χ4n) is 2.41. The molecule has 0 radical (unpaired) electrons. The van der Waals surface area contributed by atoms with E-state index in [1.54, 1.807) is 0 Å². The third kappa shape index (κ3) is 2.48. The third-order valence-electron chi connectivity index (χ3n) is 3.96. The summed E-state index contributed by atoms with van der Waals surface area (Å²) in [5.74, 6) is 2.83. The van der Waals surface area contributed by atoms with E-state index in [0.717, 1.165) is 17.8 Å². The van der Waals surface area contributed by atoms with Crippen LogP contribution in [0.3, 0.4) is 0 Å². The van der Waals surface area contributed by atoms with Gasteiger partial charge in [0.2, 0.25) is 0 Å². The Hall–Kier alpha value is 0. The molecule has 1 saturated carbocycles. The van der Waals surface area contributed by atoms with Crippen molar-refractivity contribution < 1.29 is 0 Å². The van der Waals surface area contributed by atoms with Gasteiger partial charge in [0.25, 0.3) is 0 Å². The molecule has 0 heteroatoms. The van der Waals surface area contributed by atoms with E-state index in [-0.39, 0.29) is 0 Å². The predicted molar refractivity (Wildman–Crippen MR) is 59.7 cm³/mol. The Bertz CT molecular complexity index is 177. The van der Waals surface area contributed by atoms with Gasteiger partial charge in [0.05, 0.1) is 0 Å². The topological polar surface area (TPSA) is 0 Å². The summed E-state index contributed by atoms with van der Waals surface area (Å²) in [7, 11) is 0. The van der Waals surface area contributed by atoms with E-state index in [2.05, 4.69) is 48.5 Å².